The van der Waals surface area contributed by atoms with Crippen LogP contribution in [0.5, 0.6) is 0 Å². The van der Waals surface area contributed by atoms with Gasteiger partial charge in [0, 0.05) is 31.2 Å². The summed E-state index contributed by atoms with van der Waals surface area (Å²) in [6.45, 7) is 4.64. The number of nitrogens with one attached hydrogen (secondary N) is 1. The van der Waals surface area contributed by atoms with Crippen molar-refractivity contribution in [2.75, 3.05) is 33.3 Å². The first-order valence-electron chi connectivity index (χ1n) is 5.99. The molecule has 3 nitrogen and oxygen atoms in total. The lowest BCUT2D eigenvalue weighted by molar-refractivity contribution is -0.0182. The van der Waals surface area contributed by atoms with Crippen LogP contribution in [0.1, 0.15) is 5.56 Å². The third-order valence-corrected chi connectivity index (χ3v) is 3.21. The van der Waals surface area contributed by atoms with Crippen molar-refractivity contribution in [2.24, 2.45) is 0 Å². The smallest absolute Gasteiger partial charge is 0.0826 e. The van der Waals surface area contributed by atoms with E-state index in [-0.39, 0.29) is 0 Å². The number of nitrogens with zero attached hydrogens (tertiary/aromatic N) is 1. The van der Waals surface area contributed by atoms with Crippen LogP contribution in [-0.2, 0) is 11.3 Å². The number of hydrogen-bond donors (Lipinski definition) is 1. The molecule has 0 bridgehead atoms. The monoisotopic (exact) mass is 254 g/mol. The highest BCUT2D eigenvalue weighted by Gasteiger charge is 2.16. The summed E-state index contributed by atoms with van der Waals surface area (Å²) in [4.78, 5) is 2.30. The maximum atomic E-state index is 5.84. The van der Waals surface area contributed by atoms with E-state index in [2.05, 4.69) is 17.3 Å². The van der Waals surface area contributed by atoms with Crippen LogP contribution in [0.25, 0.3) is 0 Å². The predicted octanol–water partition coefficient (Wildman–Crippen LogP) is 1.76. The minimum Gasteiger partial charge on any atom is -0.374 e. The summed E-state index contributed by atoms with van der Waals surface area (Å²) in [5.74, 6) is 0. The van der Waals surface area contributed by atoms with Crippen LogP contribution in [0, 0.1) is 0 Å². The number of rotatable bonds is 4. The van der Waals surface area contributed by atoms with Gasteiger partial charge in [0.2, 0.25) is 0 Å². The third kappa shape index (κ3) is 4.28. The van der Waals surface area contributed by atoms with Crippen LogP contribution < -0.4 is 5.32 Å². The zero-order valence-electron chi connectivity index (χ0n) is 10.2. The Morgan fingerprint density at radius 3 is 2.88 bits per heavy atom. The van der Waals surface area contributed by atoms with Crippen molar-refractivity contribution in [1.29, 1.82) is 0 Å². The molecule has 1 aliphatic heterocycles. The molecule has 1 heterocycles. The molecule has 1 fully saturated rings. The highest BCUT2D eigenvalue weighted by atomic mass is 35.5. The Labute approximate surface area is 108 Å². The molecule has 0 spiro atoms. The van der Waals surface area contributed by atoms with Crippen LogP contribution in [0.15, 0.2) is 24.3 Å². The molecular weight excluding hydrogens is 236 g/mol. The van der Waals surface area contributed by atoms with Gasteiger partial charge in [-0.05, 0) is 24.7 Å². The van der Waals surface area contributed by atoms with Crippen molar-refractivity contribution in [3.8, 4) is 0 Å². The zero-order chi connectivity index (χ0) is 12.1. The molecule has 0 unspecified atom stereocenters. The SMILES string of the molecule is CN1CCO[C@H](CNCc2ccc(Cl)cc2)C1. The van der Waals surface area contributed by atoms with E-state index in [9.17, 15) is 0 Å². The first-order valence-corrected chi connectivity index (χ1v) is 6.37. The highest BCUT2D eigenvalue weighted by Crippen LogP contribution is 2.09. The molecule has 0 saturated carbocycles. The van der Waals surface area contributed by atoms with E-state index >= 15 is 0 Å². The van der Waals surface area contributed by atoms with Gasteiger partial charge in [-0.1, -0.05) is 23.7 Å². The molecule has 1 aromatic carbocycles. The molecule has 4 heteroatoms. The lowest BCUT2D eigenvalue weighted by Gasteiger charge is -2.30. The molecule has 0 aliphatic carbocycles. The van der Waals surface area contributed by atoms with Gasteiger partial charge >= 0.3 is 0 Å². The Kier molecular flexibility index (Phi) is 4.80. The second-order valence-corrected chi connectivity index (χ2v) is 4.95. The fourth-order valence-electron chi connectivity index (χ4n) is 1.97. The van der Waals surface area contributed by atoms with Gasteiger partial charge in [-0.15, -0.1) is 0 Å². The molecule has 1 N–H and O–H groups in total. The zero-order valence-corrected chi connectivity index (χ0v) is 10.9. The van der Waals surface area contributed by atoms with Gasteiger partial charge in [0.05, 0.1) is 12.7 Å². The fourth-order valence-corrected chi connectivity index (χ4v) is 2.10. The summed E-state index contributed by atoms with van der Waals surface area (Å²) in [5, 5.41) is 4.20. The molecule has 0 radical (unpaired) electrons. The van der Waals surface area contributed by atoms with Crippen LogP contribution >= 0.6 is 11.6 Å². The molecule has 1 saturated heterocycles. The Balaban J connectivity index is 1.70. The molecule has 0 amide bonds. The number of hydrogen-bond acceptors (Lipinski definition) is 3. The number of benzene rings is 1. The molecular formula is C13H19ClN2O. The summed E-state index contributed by atoms with van der Waals surface area (Å²) < 4.78 is 5.68. The first-order chi connectivity index (χ1) is 8.24. The van der Waals surface area contributed by atoms with Gasteiger partial charge in [0.15, 0.2) is 0 Å². The minimum absolute atomic E-state index is 0.307. The van der Waals surface area contributed by atoms with E-state index in [1.54, 1.807) is 0 Å². The topological polar surface area (TPSA) is 24.5 Å². The molecule has 1 atom stereocenters. The van der Waals surface area contributed by atoms with Crippen LogP contribution in [-0.4, -0.2) is 44.3 Å². The molecule has 1 aliphatic rings. The number of likely N-dealkylation sites (N-methyl/N-ethyl adjacent to an activating group) is 1. The van der Waals surface area contributed by atoms with E-state index in [0.29, 0.717) is 6.10 Å². The van der Waals surface area contributed by atoms with E-state index < -0.39 is 0 Å². The standard InChI is InChI=1S/C13H19ClN2O/c1-16-6-7-17-13(10-16)9-15-8-11-2-4-12(14)5-3-11/h2-5,13,15H,6-10H2,1H3/t13-/m1/s1. The van der Waals surface area contributed by atoms with Gasteiger partial charge < -0.3 is 15.0 Å². The largest absolute Gasteiger partial charge is 0.374 e. The number of halogens is 1. The second kappa shape index (κ2) is 6.36. The summed E-state index contributed by atoms with van der Waals surface area (Å²) >= 11 is 5.84. The lowest BCUT2D eigenvalue weighted by Crippen LogP contribution is -2.44. The Bertz CT molecular complexity index is 342. The summed E-state index contributed by atoms with van der Waals surface area (Å²) in [6.07, 6.45) is 0.307. The maximum Gasteiger partial charge on any atom is 0.0826 e. The Morgan fingerprint density at radius 2 is 2.18 bits per heavy atom. The summed E-state index contributed by atoms with van der Waals surface area (Å²) in [5.41, 5.74) is 1.25. The Hall–Kier alpha value is -0.610. The van der Waals surface area contributed by atoms with Crippen LogP contribution in [0.4, 0.5) is 0 Å². The molecule has 1 aromatic rings. The molecule has 2 rings (SSSR count). The molecule has 17 heavy (non-hydrogen) atoms. The second-order valence-electron chi connectivity index (χ2n) is 4.51. The predicted molar refractivity (Wildman–Crippen MR) is 70.4 cm³/mol. The van der Waals surface area contributed by atoms with E-state index in [1.807, 2.05) is 24.3 Å². The molecule has 0 aromatic heterocycles. The summed E-state index contributed by atoms with van der Waals surface area (Å²) in [6, 6.07) is 7.93. The van der Waals surface area contributed by atoms with Crippen molar-refractivity contribution in [3.63, 3.8) is 0 Å². The van der Waals surface area contributed by atoms with Crippen molar-refractivity contribution in [3.05, 3.63) is 34.9 Å². The average molecular weight is 255 g/mol. The third-order valence-electron chi connectivity index (χ3n) is 2.96. The van der Waals surface area contributed by atoms with Gasteiger partial charge in [-0.3, -0.25) is 0 Å². The Morgan fingerprint density at radius 1 is 1.41 bits per heavy atom. The van der Waals surface area contributed by atoms with Gasteiger partial charge in [0.1, 0.15) is 0 Å². The first kappa shape index (κ1) is 12.8. The maximum absolute atomic E-state index is 5.84. The average Bonchev–Trinajstić information content (AvgIpc) is 2.32. The van der Waals surface area contributed by atoms with E-state index in [1.165, 1.54) is 5.56 Å². The normalized spacial score (nSPS) is 21.6. The van der Waals surface area contributed by atoms with Crippen molar-refractivity contribution in [1.82, 2.24) is 10.2 Å². The quantitative estimate of drug-likeness (QED) is 0.886. The van der Waals surface area contributed by atoms with Crippen LogP contribution in [0.3, 0.4) is 0 Å². The summed E-state index contributed by atoms with van der Waals surface area (Å²) in [7, 11) is 2.13. The van der Waals surface area contributed by atoms with Gasteiger partial charge in [-0.2, -0.15) is 0 Å². The number of morpholine rings is 1. The van der Waals surface area contributed by atoms with Crippen molar-refractivity contribution >= 4 is 11.6 Å². The number of ether oxygens (including phenoxy) is 1. The lowest BCUT2D eigenvalue weighted by atomic mass is 10.2. The highest BCUT2D eigenvalue weighted by molar-refractivity contribution is 6.30. The van der Waals surface area contributed by atoms with E-state index in [0.717, 1.165) is 37.8 Å². The van der Waals surface area contributed by atoms with Gasteiger partial charge in [-0.25, -0.2) is 0 Å². The van der Waals surface area contributed by atoms with E-state index in [4.69, 9.17) is 16.3 Å². The fraction of sp³-hybridized carbons (Fsp3) is 0.538. The van der Waals surface area contributed by atoms with Gasteiger partial charge in [0.25, 0.3) is 0 Å². The van der Waals surface area contributed by atoms with Crippen molar-refractivity contribution < 1.29 is 4.74 Å². The molecule has 94 valence electrons. The van der Waals surface area contributed by atoms with Crippen LogP contribution in [0.2, 0.25) is 5.02 Å². The van der Waals surface area contributed by atoms with Crippen molar-refractivity contribution in [2.45, 2.75) is 12.6 Å². The minimum atomic E-state index is 0.307.